The van der Waals surface area contributed by atoms with Crippen LogP contribution in [-0.4, -0.2) is 30.3 Å². The van der Waals surface area contributed by atoms with Crippen LogP contribution in [0.3, 0.4) is 0 Å². The summed E-state index contributed by atoms with van der Waals surface area (Å²) in [5.74, 6) is -0.184. The number of aliphatic hydroxyl groups excluding tert-OH is 1. The van der Waals surface area contributed by atoms with E-state index < -0.39 is 0 Å². The molecule has 1 aromatic rings. The van der Waals surface area contributed by atoms with Crippen LogP contribution in [0.5, 0.6) is 5.75 Å². The maximum atomic E-state index is 12.8. The van der Waals surface area contributed by atoms with Crippen LogP contribution < -0.4 is 10.1 Å². The quantitative estimate of drug-likeness (QED) is 0.784. The smallest absolute Gasteiger partial charge is 0.223 e. The van der Waals surface area contributed by atoms with Gasteiger partial charge in [-0.2, -0.15) is 0 Å². The van der Waals surface area contributed by atoms with Crippen molar-refractivity contribution in [1.82, 2.24) is 5.32 Å². The van der Waals surface area contributed by atoms with E-state index in [9.17, 15) is 9.18 Å². The monoisotopic (exact) mass is 241 g/mol. The van der Waals surface area contributed by atoms with Crippen LogP contribution in [0.1, 0.15) is 13.3 Å². The van der Waals surface area contributed by atoms with E-state index in [1.807, 2.05) is 0 Å². The second-order valence-corrected chi connectivity index (χ2v) is 3.71. The summed E-state index contributed by atoms with van der Waals surface area (Å²) < 4.78 is 18.0. The van der Waals surface area contributed by atoms with Crippen molar-refractivity contribution < 1.29 is 19.0 Å². The Bertz CT molecular complexity index is 371. The van der Waals surface area contributed by atoms with Crippen molar-refractivity contribution in [1.29, 1.82) is 0 Å². The van der Waals surface area contributed by atoms with E-state index in [-0.39, 0.29) is 37.4 Å². The summed E-state index contributed by atoms with van der Waals surface area (Å²) in [5, 5.41) is 11.3. The van der Waals surface area contributed by atoms with Crippen LogP contribution in [0, 0.1) is 5.82 Å². The second-order valence-electron chi connectivity index (χ2n) is 3.71. The lowest BCUT2D eigenvalue weighted by molar-refractivity contribution is -0.122. The molecule has 1 rings (SSSR count). The number of ether oxygens (including phenoxy) is 1. The van der Waals surface area contributed by atoms with Crippen LogP contribution in [0.2, 0.25) is 0 Å². The summed E-state index contributed by atoms with van der Waals surface area (Å²) in [6.45, 7) is 1.77. The molecule has 0 saturated carbocycles. The fourth-order valence-electron chi connectivity index (χ4n) is 1.21. The zero-order valence-electron chi connectivity index (χ0n) is 9.65. The van der Waals surface area contributed by atoms with Gasteiger partial charge in [0.15, 0.2) is 0 Å². The summed E-state index contributed by atoms with van der Waals surface area (Å²) in [7, 11) is 0. The molecular weight excluding hydrogens is 225 g/mol. The number of rotatable bonds is 6. The molecule has 0 spiro atoms. The molecule has 0 aliphatic rings. The highest BCUT2D eigenvalue weighted by Crippen LogP contribution is 2.11. The standard InChI is InChI=1S/C12H16FNO3/c1-9(8-15)14-12(16)5-6-17-11-4-2-3-10(13)7-11/h2-4,7,9,15H,5-6,8H2,1H3,(H,14,16)/t9-/m1/s1. The lowest BCUT2D eigenvalue weighted by Crippen LogP contribution is -2.35. The molecule has 17 heavy (non-hydrogen) atoms. The van der Waals surface area contributed by atoms with Crippen molar-refractivity contribution in [3.63, 3.8) is 0 Å². The lowest BCUT2D eigenvalue weighted by Gasteiger charge is -2.11. The maximum absolute atomic E-state index is 12.8. The Hall–Kier alpha value is -1.62. The van der Waals surface area contributed by atoms with Gasteiger partial charge in [-0.1, -0.05) is 6.07 Å². The number of carbonyl (C=O) groups is 1. The first kappa shape index (κ1) is 13.4. The third-order valence-corrected chi connectivity index (χ3v) is 2.08. The number of aliphatic hydroxyl groups is 1. The van der Waals surface area contributed by atoms with Gasteiger partial charge >= 0.3 is 0 Å². The average Bonchev–Trinajstić information content (AvgIpc) is 2.29. The molecule has 0 heterocycles. The molecule has 5 heteroatoms. The van der Waals surface area contributed by atoms with E-state index in [2.05, 4.69) is 5.32 Å². The van der Waals surface area contributed by atoms with Crippen molar-refractivity contribution in [3.05, 3.63) is 30.1 Å². The Kier molecular flexibility index (Phi) is 5.42. The van der Waals surface area contributed by atoms with Gasteiger partial charge < -0.3 is 15.2 Å². The predicted molar refractivity (Wildman–Crippen MR) is 61.2 cm³/mol. The summed E-state index contributed by atoms with van der Waals surface area (Å²) in [6, 6.07) is 5.48. The highest BCUT2D eigenvalue weighted by atomic mass is 19.1. The van der Waals surface area contributed by atoms with Gasteiger partial charge in [0.25, 0.3) is 0 Å². The highest BCUT2D eigenvalue weighted by molar-refractivity contribution is 5.76. The summed E-state index contributed by atoms with van der Waals surface area (Å²) in [4.78, 5) is 11.3. The molecule has 1 atom stereocenters. The van der Waals surface area contributed by atoms with Crippen LogP contribution in [0.4, 0.5) is 4.39 Å². The molecule has 94 valence electrons. The van der Waals surface area contributed by atoms with Gasteiger partial charge in [0, 0.05) is 12.1 Å². The molecule has 1 aromatic carbocycles. The molecule has 0 aromatic heterocycles. The van der Waals surface area contributed by atoms with Gasteiger partial charge in [-0.15, -0.1) is 0 Å². The normalized spacial score (nSPS) is 11.9. The fourth-order valence-corrected chi connectivity index (χ4v) is 1.21. The summed E-state index contributed by atoms with van der Waals surface area (Å²) in [5.41, 5.74) is 0. The number of hydrogen-bond donors (Lipinski definition) is 2. The first-order valence-electron chi connectivity index (χ1n) is 5.40. The topological polar surface area (TPSA) is 58.6 Å². The van der Waals surface area contributed by atoms with Crippen molar-refractivity contribution in [2.24, 2.45) is 0 Å². The zero-order valence-corrected chi connectivity index (χ0v) is 9.65. The highest BCUT2D eigenvalue weighted by Gasteiger charge is 2.06. The first-order chi connectivity index (χ1) is 8.11. The Morgan fingerprint density at radius 3 is 3.00 bits per heavy atom. The van der Waals surface area contributed by atoms with Crippen molar-refractivity contribution in [2.75, 3.05) is 13.2 Å². The van der Waals surface area contributed by atoms with Crippen molar-refractivity contribution in [2.45, 2.75) is 19.4 Å². The van der Waals surface area contributed by atoms with Gasteiger partial charge in [0.05, 0.1) is 19.6 Å². The van der Waals surface area contributed by atoms with Crippen molar-refractivity contribution in [3.8, 4) is 5.75 Å². The Morgan fingerprint density at radius 1 is 1.59 bits per heavy atom. The third-order valence-electron chi connectivity index (χ3n) is 2.08. The SMILES string of the molecule is C[C@H](CO)NC(=O)CCOc1cccc(F)c1. The molecule has 1 amide bonds. The van der Waals surface area contributed by atoms with Crippen LogP contribution in [0.25, 0.3) is 0 Å². The predicted octanol–water partition coefficient (Wildman–Crippen LogP) is 1.09. The molecule has 0 aliphatic carbocycles. The lowest BCUT2D eigenvalue weighted by atomic mass is 10.3. The van der Waals surface area contributed by atoms with Crippen LogP contribution in [-0.2, 0) is 4.79 Å². The van der Waals surface area contributed by atoms with Crippen LogP contribution in [0.15, 0.2) is 24.3 Å². The Morgan fingerprint density at radius 2 is 2.35 bits per heavy atom. The minimum Gasteiger partial charge on any atom is -0.493 e. The van der Waals surface area contributed by atoms with Crippen molar-refractivity contribution >= 4 is 5.91 Å². The number of amides is 1. The van der Waals surface area contributed by atoms with Gasteiger partial charge in [-0.3, -0.25) is 4.79 Å². The largest absolute Gasteiger partial charge is 0.493 e. The van der Waals surface area contributed by atoms with E-state index >= 15 is 0 Å². The number of carbonyl (C=O) groups excluding carboxylic acids is 1. The molecule has 0 saturated heterocycles. The van der Waals surface area contributed by atoms with Crippen LogP contribution >= 0.6 is 0 Å². The maximum Gasteiger partial charge on any atom is 0.223 e. The minimum absolute atomic E-state index is 0.101. The summed E-state index contributed by atoms with van der Waals surface area (Å²) in [6.07, 6.45) is 0.168. The molecular formula is C12H16FNO3. The van der Waals surface area contributed by atoms with Gasteiger partial charge in [0.2, 0.25) is 5.91 Å². The van der Waals surface area contributed by atoms with E-state index in [0.717, 1.165) is 0 Å². The fraction of sp³-hybridized carbons (Fsp3) is 0.417. The average molecular weight is 241 g/mol. The molecule has 0 bridgehead atoms. The first-order valence-corrected chi connectivity index (χ1v) is 5.40. The number of hydrogen-bond acceptors (Lipinski definition) is 3. The molecule has 0 aliphatic heterocycles. The molecule has 0 unspecified atom stereocenters. The van der Waals surface area contributed by atoms with Gasteiger partial charge in [0.1, 0.15) is 11.6 Å². The van der Waals surface area contributed by atoms with E-state index in [1.165, 1.54) is 12.1 Å². The number of nitrogens with one attached hydrogen (secondary N) is 1. The Labute approximate surface area is 99.4 Å². The molecule has 0 radical (unpaired) electrons. The number of benzene rings is 1. The minimum atomic E-state index is -0.374. The zero-order chi connectivity index (χ0) is 12.7. The Balaban J connectivity index is 2.26. The molecule has 2 N–H and O–H groups in total. The number of halogens is 1. The third kappa shape index (κ3) is 5.31. The molecule has 0 fully saturated rings. The van der Waals surface area contributed by atoms with Gasteiger partial charge in [-0.05, 0) is 19.1 Å². The summed E-state index contributed by atoms with van der Waals surface area (Å²) >= 11 is 0. The van der Waals surface area contributed by atoms with E-state index in [1.54, 1.807) is 19.1 Å². The molecule has 4 nitrogen and oxygen atoms in total. The van der Waals surface area contributed by atoms with E-state index in [4.69, 9.17) is 9.84 Å². The van der Waals surface area contributed by atoms with Gasteiger partial charge in [-0.25, -0.2) is 4.39 Å². The van der Waals surface area contributed by atoms with E-state index in [0.29, 0.717) is 5.75 Å². The second kappa shape index (κ2) is 6.85.